The van der Waals surface area contributed by atoms with Crippen molar-refractivity contribution < 1.29 is 9.13 Å². The molecule has 0 N–H and O–H groups in total. The summed E-state index contributed by atoms with van der Waals surface area (Å²) >= 11 is 0. The monoisotopic (exact) mass is 403 g/mol. The molecule has 1 fully saturated rings. The van der Waals surface area contributed by atoms with E-state index >= 15 is 0 Å². The first-order valence-corrected chi connectivity index (χ1v) is 11.1. The number of hydrogen-bond donors (Lipinski definition) is 0. The van der Waals surface area contributed by atoms with Gasteiger partial charge >= 0.3 is 0 Å². The van der Waals surface area contributed by atoms with E-state index in [1.807, 2.05) is 62.4 Å². The molecule has 1 nitrogen and oxygen atoms in total. The Balaban J connectivity index is 1.71. The van der Waals surface area contributed by atoms with Gasteiger partial charge in [-0.15, -0.1) is 0 Å². The maximum atomic E-state index is 14.6. The Morgan fingerprint density at radius 2 is 1.45 bits per heavy atom. The van der Waals surface area contributed by atoms with Gasteiger partial charge in [-0.25, -0.2) is 4.39 Å². The first-order chi connectivity index (χ1) is 14.0. The summed E-state index contributed by atoms with van der Waals surface area (Å²) in [6.07, 6.45) is 2.31. The summed E-state index contributed by atoms with van der Waals surface area (Å²) in [7, 11) is -0.345. The standard InChI is InChI=1S/C26H24FOS/c1-26(2,18-17-20-13-14-20)28-25-19-23(15-16-24(25)27)29(21-9-5-3-6-10-21)22-11-7-4-8-12-22/h3-12,15-16,19-20H,13-14H2,1-2H3/q+1. The number of benzene rings is 3. The minimum atomic E-state index is -0.736. The summed E-state index contributed by atoms with van der Waals surface area (Å²) in [5, 5.41) is 0. The molecule has 3 aromatic carbocycles. The highest BCUT2D eigenvalue weighted by Gasteiger charge is 2.30. The van der Waals surface area contributed by atoms with Crippen LogP contribution in [0.25, 0.3) is 0 Å². The van der Waals surface area contributed by atoms with Crippen molar-refractivity contribution in [1.29, 1.82) is 0 Å². The Kier molecular flexibility index (Phi) is 5.65. The summed E-state index contributed by atoms with van der Waals surface area (Å²) in [6.45, 7) is 3.78. The maximum Gasteiger partial charge on any atom is 0.170 e. The second-order valence-corrected chi connectivity index (χ2v) is 9.71. The lowest BCUT2D eigenvalue weighted by Gasteiger charge is -2.21. The smallest absolute Gasteiger partial charge is 0.170 e. The fraction of sp³-hybridized carbons (Fsp3) is 0.231. The number of rotatable bonds is 5. The highest BCUT2D eigenvalue weighted by Crippen LogP contribution is 2.35. The van der Waals surface area contributed by atoms with Gasteiger partial charge in [-0.05, 0) is 63.1 Å². The first-order valence-electron chi connectivity index (χ1n) is 9.87. The highest BCUT2D eigenvalue weighted by molar-refractivity contribution is 7.97. The molecule has 0 aliphatic heterocycles. The van der Waals surface area contributed by atoms with E-state index in [9.17, 15) is 4.39 Å². The van der Waals surface area contributed by atoms with Crippen LogP contribution in [0.5, 0.6) is 5.75 Å². The van der Waals surface area contributed by atoms with E-state index in [1.54, 1.807) is 0 Å². The van der Waals surface area contributed by atoms with Crippen molar-refractivity contribution in [1.82, 2.24) is 0 Å². The SMILES string of the molecule is CC(C)(C#CC1CC1)Oc1cc([S+](c2ccccc2)c2ccccc2)ccc1F. The minimum Gasteiger partial charge on any atom is -0.472 e. The quantitative estimate of drug-likeness (QED) is 0.349. The van der Waals surface area contributed by atoms with Gasteiger partial charge in [0.2, 0.25) is 0 Å². The Labute approximate surface area is 175 Å². The van der Waals surface area contributed by atoms with E-state index in [0.717, 1.165) is 17.7 Å². The molecule has 29 heavy (non-hydrogen) atoms. The molecular formula is C26H24FOS+. The fourth-order valence-electron chi connectivity index (χ4n) is 3.01. The first kappa shape index (κ1) is 19.6. The Bertz CT molecular complexity index is 991. The minimum absolute atomic E-state index is 0.252. The topological polar surface area (TPSA) is 9.23 Å². The lowest BCUT2D eigenvalue weighted by molar-refractivity contribution is 0.163. The van der Waals surface area contributed by atoms with Gasteiger partial charge in [0.25, 0.3) is 0 Å². The van der Waals surface area contributed by atoms with Crippen molar-refractivity contribution in [2.75, 3.05) is 0 Å². The molecule has 146 valence electrons. The largest absolute Gasteiger partial charge is 0.472 e. The number of ether oxygens (including phenoxy) is 1. The second-order valence-electron chi connectivity index (χ2n) is 7.68. The molecule has 0 radical (unpaired) electrons. The van der Waals surface area contributed by atoms with Crippen LogP contribution in [0.1, 0.15) is 26.7 Å². The maximum absolute atomic E-state index is 14.6. The van der Waals surface area contributed by atoms with Gasteiger partial charge in [-0.2, -0.15) is 0 Å². The predicted molar refractivity (Wildman–Crippen MR) is 117 cm³/mol. The zero-order chi connectivity index (χ0) is 20.3. The van der Waals surface area contributed by atoms with E-state index < -0.39 is 5.60 Å². The van der Waals surface area contributed by atoms with Crippen LogP contribution in [-0.4, -0.2) is 5.60 Å². The molecule has 3 heteroatoms. The average molecular weight is 404 g/mol. The Morgan fingerprint density at radius 3 is 2.00 bits per heavy atom. The molecule has 0 amide bonds. The molecule has 1 saturated carbocycles. The number of halogens is 1. The van der Waals surface area contributed by atoms with E-state index in [2.05, 4.69) is 36.1 Å². The van der Waals surface area contributed by atoms with Crippen LogP contribution in [0, 0.1) is 23.6 Å². The van der Waals surface area contributed by atoms with Crippen LogP contribution in [0.3, 0.4) is 0 Å². The summed E-state index contributed by atoms with van der Waals surface area (Å²) < 4.78 is 20.6. The molecule has 1 aliphatic rings. The van der Waals surface area contributed by atoms with E-state index in [-0.39, 0.29) is 22.5 Å². The van der Waals surface area contributed by atoms with Gasteiger partial charge in [0.15, 0.2) is 31.9 Å². The van der Waals surface area contributed by atoms with Crippen LogP contribution in [0.2, 0.25) is 0 Å². The summed E-state index contributed by atoms with van der Waals surface area (Å²) in [5.74, 6) is 6.77. The molecule has 3 aromatic rings. The zero-order valence-corrected chi connectivity index (χ0v) is 17.5. The van der Waals surface area contributed by atoms with E-state index in [4.69, 9.17) is 4.74 Å². The van der Waals surface area contributed by atoms with Gasteiger partial charge in [-0.1, -0.05) is 48.2 Å². The fourth-order valence-corrected chi connectivity index (χ4v) is 5.12. The molecular weight excluding hydrogens is 379 g/mol. The molecule has 0 spiro atoms. The highest BCUT2D eigenvalue weighted by atomic mass is 32.2. The lowest BCUT2D eigenvalue weighted by atomic mass is 10.1. The molecule has 4 rings (SSSR count). The molecule has 0 saturated heterocycles. The lowest BCUT2D eigenvalue weighted by Crippen LogP contribution is -2.26. The molecule has 0 unspecified atom stereocenters. The molecule has 0 aromatic heterocycles. The van der Waals surface area contributed by atoms with Crippen molar-refractivity contribution in [3.8, 4) is 17.6 Å². The van der Waals surface area contributed by atoms with E-state index in [0.29, 0.717) is 5.92 Å². The summed E-state index contributed by atoms with van der Waals surface area (Å²) in [4.78, 5) is 3.39. The molecule has 1 aliphatic carbocycles. The van der Waals surface area contributed by atoms with Crippen LogP contribution in [0.4, 0.5) is 4.39 Å². The number of hydrogen-bond acceptors (Lipinski definition) is 1. The van der Waals surface area contributed by atoms with Gasteiger partial charge in [0.05, 0.1) is 10.9 Å². The summed E-state index contributed by atoms with van der Waals surface area (Å²) in [6, 6.07) is 25.8. The third-order valence-corrected chi connectivity index (χ3v) is 6.83. The van der Waals surface area contributed by atoms with Crippen LogP contribution < -0.4 is 4.74 Å². The van der Waals surface area contributed by atoms with Crippen molar-refractivity contribution in [3.63, 3.8) is 0 Å². The van der Waals surface area contributed by atoms with Crippen molar-refractivity contribution in [2.24, 2.45) is 5.92 Å². The van der Waals surface area contributed by atoms with Gasteiger partial charge in [0, 0.05) is 12.0 Å². The molecule has 0 atom stereocenters. The Hall–Kier alpha value is -2.70. The third-order valence-electron chi connectivity index (χ3n) is 4.62. The second kappa shape index (κ2) is 8.35. The van der Waals surface area contributed by atoms with Crippen LogP contribution in [0.15, 0.2) is 93.5 Å². The van der Waals surface area contributed by atoms with Crippen LogP contribution >= 0.6 is 0 Å². The summed E-state index contributed by atoms with van der Waals surface area (Å²) in [5.41, 5.74) is -0.736. The van der Waals surface area contributed by atoms with E-state index in [1.165, 1.54) is 15.9 Å². The van der Waals surface area contributed by atoms with Crippen LogP contribution in [-0.2, 0) is 10.9 Å². The average Bonchev–Trinajstić information content (AvgIpc) is 3.55. The Morgan fingerprint density at radius 1 is 0.862 bits per heavy atom. The van der Waals surface area contributed by atoms with Gasteiger partial charge in [0.1, 0.15) is 0 Å². The normalized spacial score (nSPS) is 13.7. The molecule has 0 heterocycles. The van der Waals surface area contributed by atoms with Crippen molar-refractivity contribution in [2.45, 2.75) is 47.0 Å². The van der Waals surface area contributed by atoms with Crippen molar-refractivity contribution in [3.05, 3.63) is 84.7 Å². The van der Waals surface area contributed by atoms with Crippen molar-refractivity contribution >= 4 is 10.9 Å². The zero-order valence-electron chi connectivity index (χ0n) is 16.7. The molecule has 0 bridgehead atoms. The predicted octanol–water partition coefficient (Wildman–Crippen LogP) is 6.49. The van der Waals surface area contributed by atoms with Gasteiger partial charge in [-0.3, -0.25) is 0 Å². The van der Waals surface area contributed by atoms with Gasteiger partial charge < -0.3 is 4.74 Å². The third kappa shape index (κ3) is 5.02.